The fourth-order valence-electron chi connectivity index (χ4n) is 3.28. The summed E-state index contributed by atoms with van der Waals surface area (Å²) in [6.07, 6.45) is 3.62. The van der Waals surface area contributed by atoms with Crippen molar-refractivity contribution < 1.29 is 19.4 Å². The van der Waals surface area contributed by atoms with Crippen molar-refractivity contribution in [2.24, 2.45) is 23.7 Å². The molecule has 0 aromatic rings. The number of carbonyl (C=O) groups is 2. The summed E-state index contributed by atoms with van der Waals surface area (Å²) in [4.78, 5) is 23.0. The van der Waals surface area contributed by atoms with E-state index in [1.54, 1.807) is 0 Å². The molecule has 90 valence electrons. The van der Waals surface area contributed by atoms with Crippen LogP contribution in [0.2, 0.25) is 0 Å². The third-order valence-corrected chi connectivity index (χ3v) is 3.92. The van der Waals surface area contributed by atoms with Crippen LogP contribution in [0.1, 0.15) is 32.6 Å². The van der Waals surface area contributed by atoms with E-state index in [-0.39, 0.29) is 23.7 Å². The van der Waals surface area contributed by atoms with Gasteiger partial charge in [-0.3, -0.25) is 9.59 Å². The van der Waals surface area contributed by atoms with Crippen molar-refractivity contribution in [3.8, 4) is 0 Å². The molecule has 0 amide bonds. The second kappa shape index (κ2) is 4.44. The lowest BCUT2D eigenvalue weighted by Crippen LogP contribution is -2.35. The minimum atomic E-state index is -0.828. The Hall–Kier alpha value is -1.06. The maximum Gasteiger partial charge on any atom is 0.310 e. The Kier molecular flexibility index (Phi) is 3.17. The zero-order valence-electron chi connectivity index (χ0n) is 9.52. The van der Waals surface area contributed by atoms with Crippen molar-refractivity contribution in [2.75, 3.05) is 6.61 Å². The highest BCUT2D eigenvalue weighted by atomic mass is 16.5. The van der Waals surface area contributed by atoms with Crippen molar-refractivity contribution in [1.82, 2.24) is 0 Å². The van der Waals surface area contributed by atoms with Gasteiger partial charge in [-0.1, -0.05) is 6.92 Å². The van der Waals surface area contributed by atoms with Gasteiger partial charge in [0.15, 0.2) is 0 Å². The van der Waals surface area contributed by atoms with Gasteiger partial charge < -0.3 is 9.84 Å². The van der Waals surface area contributed by atoms with E-state index in [2.05, 4.69) is 0 Å². The molecule has 0 aromatic carbocycles. The second-order valence-electron chi connectivity index (χ2n) is 4.89. The predicted octanol–water partition coefficient (Wildman–Crippen LogP) is 1.69. The third-order valence-electron chi connectivity index (χ3n) is 3.92. The number of fused-ring (bicyclic) bond motifs is 2. The highest BCUT2D eigenvalue weighted by molar-refractivity contribution is 5.82. The maximum absolute atomic E-state index is 11.8. The van der Waals surface area contributed by atoms with Gasteiger partial charge in [-0.15, -0.1) is 0 Å². The Morgan fingerprint density at radius 3 is 2.44 bits per heavy atom. The van der Waals surface area contributed by atoms with E-state index < -0.39 is 11.9 Å². The molecular weight excluding hydrogens is 208 g/mol. The SMILES string of the molecule is CCCOC(=O)C1C2CCC(C2)C1C(=O)O. The summed E-state index contributed by atoms with van der Waals surface area (Å²) in [7, 11) is 0. The van der Waals surface area contributed by atoms with Crippen molar-refractivity contribution in [2.45, 2.75) is 32.6 Å². The molecule has 0 saturated heterocycles. The summed E-state index contributed by atoms with van der Waals surface area (Å²) in [6, 6.07) is 0. The van der Waals surface area contributed by atoms with Crippen molar-refractivity contribution in [1.29, 1.82) is 0 Å². The molecule has 4 nitrogen and oxygen atoms in total. The molecule has 16 heavy (non-hydrogen) atoms. The van der Waals surface area contributed by atoms with Crippen molar-refractivity contribution in [3.63, 3.8) is 0 Å². The number of hydrogen-bond acceptors (Lipinski definition) is 3. The van der Waals surface area contributed by atoms with Gasteiger partial charge in [0.2, 0.25) is 0 Å². The summed E-state index contributed by atoms with van der Waals surface area (Å²) in [5, 5.41) is 9.17. The Bertz CT molecular complexity index is 299. The van der Waals surface area contributed by atoms with Gasteiger partial charge >= 0.3 is 11.9 Å². The Balaban J connectivity index is 2.06. The zero-order valence-corrected chi connectivity index (χ0v) is 9.52. The molecule has 0 radical (unpaired) electrons. The average molecular weight is 226 g/mol. The summed E-state index contributed by atoms with van der Waals surface area (Å²) in [6.45, 7) is 2.34. The van der Waals surface area contributed by atoms with E-state index in [4.69, 9.17) is 4.74 Å². The minimum Gasteiger partial charge on any atom is -0.481 e. The van der Waals surface area contributed by atoms with Gasteiger partial charge in [-0.2, -0.15) is 0 Å². The average Bonchev–Trinajstić information content (AvgIpc) is 2.84. The minimum absolute atomic E-state index is 0.196. The topological polar surface area (TPSA) is 63.6 Å². The van der Waals surface area contributed by atoms with Crippen LogP contribution in [0, 0.1) is 23.7 Å². The first-order chi connectivity index (χ1) is 7.65. The van der Waals surface area contributed by atoms with Crippen LogP contribution >= 0.6 is 0 Å². The van der Waals surface area contributed by atoms with Crippen LogP contribution < -0.4 is 0 Å². The van der Waals surface area contributed by atoms with E-state index in [1.165, 1.54) is 0 Å². The van der Waals surface area contributed by atoms with Crippen LogP contribution in [0.3, 0.4) is 0 Å². The summed E-state index contributed by atoms with van der Waals surface area (Å²) < 4.78 is 5.11. The van der Waals surface area contributed by atoms with Crippen LogP contribution in [0.4, 0.5) is 0 Å². The van der Waals surface area contributed by atoms with E-state index in [0.717, 1.165) is 25.7 Å². The highest BCUT2D eigenvalue weighted by Crippen LogP contribution is 2.52. The predicted molar refractivity (Wildman–Crippen MR) is 56.7 cm³/mol. The van der Waals surface area contributed by atoms with Gasteiger partial charge in [-0.25, -0.2) is 0 Å². The van der Waals surface area contributed by atoms with E-state index in [9.17, 15) is 14.7 Å². The highest BCUT2D eigenvalue weighted by Gasteiger charge is 2.54. The van der Waals surface area contributed by atoms with E-state index >= 15 is 0 Å². The molecule has 4 unspecified atom stereocenters. The molecule has 4 heteroatoms. The van der Waals surface area contributed by atoms with Gasteiger partial charge in [0.25, 0.3) is 0 Å². The molecule has 2 fully saturated rings. The lowest BCUT2D eigenvalue weighted by molar-refractivity contribution is -0.160. The molecule has 0 heterocycles. The second-order valence-corrected chi connectivity index (χ2v) is 4.89. The molecule has 1 N–H and O–H groups in total. The number of hydrogen-bond donors (Lipinski definition) is 1. The zero-order chi connectivity index (χ0) is 11.7. The van der Waals surface area contributed by atoms with Crippen LogP contribution in [-0.4, -0.2) is 23.7 Å². The molecule has 2 aliphatic carbocycles. The van der Waals surface area contributed by atoms with Gasteiger partial charge in [0, 0.05) is 0 Å². The first-order valence-corrected chi connectivity index (χ1v) is 6.04. The van der Waals surface area contributed by atoms with Crippen molar-refractivity contribution in [3.05, 3.63) is 0 Å². The number of carboxylic acids is 1. The lowest BCUT2D eigenvalue weighted by Gasteiger charge is -2.26. The summed E-state index contributed by atoms with van der Waals surface area (Å²) in [5.41, 5.74) is 0. The van der Waals surface area contributed by atoms with Crippen LogP contribution in [0.5, 0.6) is 0 Å². The lowest BCUT2D eigenvalue weighted by atomic mass is 9.79. The molecule has 2 rings (SSSR count). The first kappa shape index (κ1) is 11.4. The number of rotatable bonds is 4. The van der Waals surface area contributed by atoms with Crippen LogP contribution in [-0.2, 0) is 14.3 Å². The Morgan fingerprint density at radius 1 is 1.25 bits per heavy atom. The standard InChI is InChI=1S/C12H18O4/c1-2-5-16-12(15)10-8-4-3-7(6-8)9(10)11(13)14/h7-10H,2-6H2,1H3,(H,13,14). The summed E-state index contributed by atoms with van der Waals surface area (Å²) >= 11 is 0. The molecule has 2 saturated carbocycles. The monoisotopic (exact) mass is 226 g/mol. The molecule has 4 atom stereocenters. The molecule has 0 aliphatic heterocycles. The van der Waals surface area contributed by atoms with Gasteiger partial charge in [0.05, 0.1) is 18.4 Å². The largest absolute Gasteiger partial charge is 0.481 e. The fourth-order valence-corrected chi connectivity index (χ4v) is 3.28. The first-order valence-electron chi connectivity index (χ1n) is 6.04. The molecule has 0 spiro atoms. The Labute approximate surface area is 95.0 Å². The number of esters is 1. The van der Waals surface area contributed by atoms with E-state index in [0.29, 0.717) is 6.61 Å². The van der Waals surface area contributed by atoms with Gasteiger partial charge in [0.1, 0.15) is 0 Å². The molecular formula is C12H18O4. The van der Waals surface area contributed by atoms with Gasteiger partial charge in [-0.05, 0) is 37.5 Å². The Morgan fingerprint density at radius 2 is 1.88 bits per heavy atom. The number of aliphatic carboxylic acids is 1. The van der Waals surface area contributed by atoms with Crippen LogP contribution in [0.25, 0.3) is 0 Å². The fraction of sp³-hybridized carbons (Fsp3) is 0.833. The number of carbonyl (C=O) groups excluding carboxylic acids is 1. The number of ether oxygens (including phenoxy) is 1. The molecule has 2 aliphatic rings. The van der Waals surface area contributed by atoms with Crippen LogP contribution in [0.15, 0.2) is 0 Å². The maximum atomic E-state index is 11.8. The van der Waals surface area contributed by atoms with Crippen molar-refractivity contribution >= 4 is 11.9 Å². The smallest absolute Gasteiger partial charge is 0.310 e. The quantitative estimate of drug-likeness (QED) is 0.741. The molecule has 0 aromatic heterocycles. The van der Waals surface area contributed by atoms with E-state index in [1.807, 2.05) is 6.92 Å². The normalized spacial score (nSPS) is 36.3. The third kappa shape index (κ3) is 1.81. The molecule has 2 bridgehead atoms. The number of carboxylic acid groups (broad SMARTS) is 1. The summed E-state index contributed by atoms with van der Waals surface area (Å²) in [5.74, 6) is -1.56.